The normalized spacial score (nSPS) is 15.5. The van der Waals surface area contributed by atoms with Crippen LogP contribution in [0.4, 0.5) is 0 Å². The smallest absolute Gasteiger partial charge is 0.119 e. The summed E-state index contributed by atoms with van der Waals surface area (Å²) in [5, 5.41) is 3.48. The van der Waals surface area contributed by atoms with Crippen LogP contribution in [0.25, 0.3) is 0 Å². The molecule has 0 fully saturated rings. The summed E-state index contributed by atoms with van der Waals surface area (Å²) in [7, 11) is 3.78. The Morgan fingerprint density at radius 1 is 1.24 bits per heavy atom. The summed E-state index contributed by atoms with van der Waals surface area (Å²) in [5.41, 5.74) is 2.91. The molecule has 1 atom stereocenters. The highest BCUT2D eigenvalue weighted by Crippen LogP contribution is 2.34. The number of aryl methyl sites for hydroxylation is 2. The molecule has 21 heavy (non-hydrogen) atoms. The number of ether oxygens (including phenoxy) is 1. The summed E-state index contributed by atoms with van der Waals surface area (Å²) < 4.78 is 5.32. The second-order valence-corrected chi connectivity index (χ2v) is 6.87. The molecular formula is C18H23NOS. The second-order valence-electron chi connectivity index (χ2n) is 5.70. The SMILES string of the molecule is CNC(Cc1cccc(OC)c1)c1cc2c(s1)CCCC2. The fourth-order valence-corrected chi connectivity index (χ4v) is 4.43. The van der Waals surface area contributed by atoms with E-state index >= 15 is 0 Å². The van der Waals surface area contributed by atoms with Crippen LogP contribution in [0, 0.1) is 0 Å². The van der Waals surface area contributed by atoms with Crippen LogP contribution in [0.1, 0.15) is 39.8 Å². The number of hydrogen-bond donors (Lipinski definition) is 1. The first-order chi connectivity index (χ1) is 10.3. The highest BCUT2D eigenvalue weighted by Gasteiger charge is 2.18. The van der Waals surface area contributed by atoms with Crippen LogP contribution >= 0.6 is 11.3 Å². The molecule has 1 aliphatic rings. The highest BCUT2D eigenvalue weighted by atomic mass is 32.1. The van der Waals surface area contributed by atoms with E-state index in [0.717, 1.165) is 12.2 Å². The molecule has 0 amide bonds. The van der Waals surface area contributed by atoms with E-state index in [-0.39, 0.29) is 0 Å². The van der Waals surface area contributed by atoms with Crippen molar-refractivity contribution in [3.8, 4) is 5.75 Å². The molecular weight excluding hydrogens is 278 g/mol. The van der Waals surface area contributed by atoms with Gasteiger partial charge in [-0.25, -0.2) is 0 Å². The molecule has 2 aromatic rings. The van der Waals surface area contributed by atoms with Gasteiger partial charge in [-0.3, -0.25) is 0 Å². The zero-order chi connectivity index (χ0) is 14.7. The molecule has 0 bridgehead atoms. The molecule has 2 nitrogen and oxygen atoms in total. The fourth-order valence-electron chi connectivity index (χ4n) is 3.07. The molecule has 0 radical (unpaired) electrons. The zero-order valence-corrected chi connectivity index (χ0v) is 13.6. The average Bonchev–Trinajstić information content (AvgIpc) is 2.96. The second kappa shape index (κ2) is 6.63. The van der Waals surface area contributed by atoms with Crippen molar-refractivity contribution in [2.24, 2.45) is 0 Å². The van der Waals surface area contributed by atoms with Crippen molar-refractivity contribution < 1.29 is 4.74 Å². The average molecular weight is 301 g/mol. The minimum Gasteiger partial charge on any atom is -0.497 e. The summed E-state index contributed by atoms with van der Waals surface area (Å²) in [6.07, 6.45) is 6.25. The van der Waals surface area contributed by atoms with E-state index in [4.69, 9.17) is 4.74 Å². The first kappa shape index (κ1) is 14.6. The zero-order valence-electron chi connectivity index (χ0n) is 12.8. The van der Waals surface area contributed by atoms with Gasteiger partial charge in [0.25, 0.3) is 0 Å². The first-order valence-corrected chi connectivity index (χ1v) is 8.53. The maximum Gasteiger partial charge on any atom is 0.119 e. The van der Waals surface area contributed by atoms with E-state index in [9.17, 15) is 0 Å². The van der Waals surface area contributed by atoms with Crippen LogP contribution in [-0.4, -0.2) is 14.2 Å². The number of nitrogens with one attached hydrogen (secondary N) is 1. The van der Waals surface area contributed by atoms with E-state index in [0.29, 0.717) is 6.04 Å². The van der Waals surface area contributed by atoms with Gasteiger partial charge in [0.05, 0.1) is 7.11 Å². The van der Waals surface area contributed by atoms with Crippen molar-refractivity contribution in [1.82, 2.24) is 5.32 Å². The van der Waals surface area contributed by atoms with Gasteiger partial charge in [0, 0.05) is 15.8 Å². The third-order valence-corrected chi connectivity index (χ3v) is 5.63. The molecule has 1 unspecified atom stereocenters. The largest absolute Gasteiger partial charge is 0.497 e. The van der Waals surface area contributed by atoms with Crippen molar-refractivity contribution in [2.75, 3.05) is 14.2 Å². The van der Waals surface area contributed by atoms with E-state index < -0.39 is 0 Å². The van der Waals surface area contributed by atoms with Gasteiger partial charge in [0.15, 0.2) is 0 Å². The number of likely N-dealkylation sites (N-methyl/N-ethyl adjacent to an activating group) is 1. The quantitative estimate of drug-likeness (QED) is 0.896. The van der Waals surface area contributed by atoms with Gasteiger partial charge in [0.1, 0.15) is 5.75 Å². The summed E-state index contributed by atoms with van der Waals surface area (Å²) in [6.45, 7) is 0. The van der Waals surface area contributed by atoms with Crippen LogP contribution in [0.2, 0.25) is 0 Å². The van der Waals surface area contributed by atoms with Crippen LogP contribution in [0.15, 0.2) is 30.3 Å². The maximum atomic E-state index is 5.32. The summed E-state index contributed by atoms with van der Waals surface area (Å²) in [4.78, 5) is 3.09. The molecule has 3 rings (SSSR count). The van der Waals surface area contributed by atoms with Crippen LogP contribution in [0.3, 0.4) is 0 Å². The molecule has 1 N–H and O–H groups in total. The highest BCUT2D eigenvalue weighted by molar-refractivity contribution is 7.12. The Labute approximate surface area is 131 Å². The van der Waals surface area contributed by atoms with E-state index in [1.807, 2.05) is 17.4 Å². The molecule has 1 aromatic carbocycles. The van der Waals surface area contributed by atoms with E-state index in [1.165, 1.54) is 36.1 Å². The Kier molecular flexibility index (Phi) is 4.61. The monoisotopic (exact) mass is 301 g/mol. The van der Waals surface area contributed by atoms with Crippen LogP contribution in [-0.2, 0) is 19.3 Å². The summed E-state index contributed by atoms with van der Waals surface area (Å²) >= 11 is 2.00. The Bertz CT molecular complexity index is 582. The third kappa shape index (κ3) is 3.30. The van der Waals surface area contributed by atoms with Crippen LogP contribution in [0.5, 0.6) is 5.75 Å². The molecule has 0 aliphatic heterocycles. The van der Waals surface area contributed by atoms with Crippen molar-refractivity contribution in [1.29, 1.82) is 0 Å². The predicted octanol–water partition coefficient (Wildman–Crippen LogP) is 4.14. The van der Waals surface area contributed by atoms with E-state index in [1.54, 1.807) is 17.6 Å². The number of fused-ring (bicyclic) bond motifs is 1. The lowest BCUT2D eigenvalue weighted by Gasteiger charge is -2.15. The summed E-state index contributed by atoms with van der Waals surface area (Å²) in [5.74, 6) is 0.938. The number of thiophene rings is 1. The summed E-state index contributed by atoms with van der Waals surface area (Å²) in [6, 6.07) is 11.2. The Balaban J connectivity index is 1.79. The maximum absolute atomic E-state index is 5.32. The van der Waals surface area contributed by atoms with Crippen molar-refractivity contribution in [3.05, 3.63) is 51.2 Å². The van der Waals surface area contributed by atoms with Crippen molar-refractivity contribution in [2.45, 2.75) is 38.1 Å². The minimum atomic E-state index is 0.396. The van der Waals surface area contributed by atoms with Gasteiger partial charge in [0.2, 0.25) is 0 Å². The molecule has 0 saturated carbocycles. The first-order valence-electron chi connectivity index (χ1n) is 7.72. The number of hydrogen-bond acceptors (Lipinski definition) is 3. The molecule has 0 saturated heterocycles. The third-order valence-electron chi connectivity index (χ3n) is 4.28. The lowest BCUT2D eigenvalue weighted by Crippen LogP contribution is -2.17. The Morgan fingerprint density at radius 3 is 2.86 bits per heavy atom. The topological polar surface area (TPSA) is 21.3 Å². The van der Waals surface area contributed by atoms with Crippen LogP contribution < -0.4 is 10.1 Å². The Morgan fingerprint density at radius 2 is 2.10 bits per heavy atom. The molecule has 112 valence electrons. The number of benzene rings is 1. The van der Waals surface area contributed by atoms with Gasteiger partial charge in [-0.15, -0.1) is 11.3 Å². The Hall–Kier alpha value is -1.32. The number of rotatable bonds is 5. The van der Waals surface area contributed by atoms with Crippen molar-refractivity contribution in [3.63, 3.8) is 0 Å². The van der Waals surface area contributed by atoms with Gasteiger partial charge >= 0.3 is 0 Å². The predicted molar refractivity (Wildman–Crippen MR) is 89.5 cm³/mol. The molecule has 0 spiro atoms. The van der Waals surface area contributed by atoms with Gasteiger partial charge < -0.3 is 10.1 Å². The molecule has 1 aromatic heterocycles. The lowest BCUT2D eigenvalue weighted by molar-refractivity contribution is 0.414. The molecule has 1 aliphatic carbocycles. The van der Waals surface area contributed by atoms with Crippen molar-refractivity contribution >= 4 is 11.3 Å². The van der Waals surface area contributed by atoms with Gasteiger partial charge in [-0.1, -0.05) is 12.1 Å². The standard InChI is InChI=1S/C18H23NOS/c1-19-16(11-13-6-5-8-15(10-13)20-2)18-12-14-7-3-4-9-17(14)21-18/h5-6,8,10,12,16,19H,3-4,7,9,11H2,1-2H3. The fraction of sp³-hybridized carbons (Fsp3) is 0.444. The minimum absolute atomic E-state index is 0.396. The van der Waals surface area contributed by atoms with Gasteiger partial charge in [-0.2, -0.15) is 0 Å². The number of methoxy groups -OCH3 is 1. The molecule has 3 heteroatoms. The van der Waals surface area contributed by atoms with Gasteiger partial charge in [-0.05, 0) is 68.5 Å². The van der Waals surface area contributed by atoms with E-state index in [2.05, 4.69) is 36.6 Å². The molecule has 1 heterocycles. The lowest BCUT2D eigenvalue weighted by atomic mass is 9.98.